The van der Waals surface area contributed by atoms with Gasteiger partial charge >= 0.3 is 0 Å². The minimum atomic E-state index is 0.442. The summed E-state index contributed by atoms with van der Waals surface area (Å²) in [5.41, 5.74) is 6.97. The summed E-state index contributed by atoms with van der Waals surface area (Å²) in [7, 11) is 0. The first kappa shape index (κ1) is 16.0. The number of fused-ring (bicyclic) bond motifs is 1. The van der Waals surface area contributed by atoms with Crippen molar-refractivity contribution in [2.45, 2.75) is 46.2 Å². The molecule has 1 aliphatic heterocycles. The van der Waals surface area contributed by atoms with Crippen LogP contribution in [0.1, 0.15) is 48.1 Å². The highest BCUT2D eigenvalue weighted by atomic mass is 15.2. The van der Waals surface area contributed by atoms with Crippen LogP contribution in [0.15, 0.2) is 36.7 Å². The van der Waals surface area contributed by atoms with E-state index in [1.54, 1.807) is 0 Å². The van der Waals surface area contributed by atoms with Crippen molar-refractivity contribution >= 4 is 5.69 Å². The number of hydrogen-bond donors (Lipinski definition) is 1. The van der Waals surface area contributed by atoms with E-state index in [2.05, 4.69) is 54.2 Å². The highest BCUT2D eigenvalue weighted by Crippen LogP contribution is 2.40. The second-order valence-corrected chi connectivity index (χ2v) is 6.53. The number of aromatic nitrogens is 1. The Morgan fingerprint density at radius 3 is 2.78 bits per heavy atom. The van der Waals surface area contributed by atoms with Gasteiger partial charge in [-0.05, 0) is 74.2 Å². The Morgan fingerprint density at radius 1 is 1.22 bits per heavy atom. The van der Waals surface area contributed by atoms with Crippen molar-refractivity contribution in [3.63, 3.8) is 0 Å². The molecule has 3 nitrogen and oxygen atoms in total. The Kier molecular flexibility index (Phi) is 4.97. The summed E-state index contributed by atoms with van der Waals surface area (Å²) in [4.78, 5) is 6.82. The summed E-state index contributed by atoms with van der Waals surface area (Å²) in [6, 6.07) is 9.41. The largest absolute Gasteiger partial charge is 0.359 e. The van der Waals surface area contributed by atoms with Crippen LogP contribution in [0.25, 0.3) is 0 Å². The Balaban J connectivity index is 1.87. The zero-order valence-corrected chi connectivity index (χ0v) is 14.5. The third kappa shape index (κ3) is 3.40. The van der Waals surface area contributed by atoms with Gasteiger partial charge in [0.2, 0.25) is 0 Å². The van der Waals surface area contributed by atoms with Gasteiger partial charge in [-0.3, -0.25) is 4.98 Å². The fourth-order valence-electron chi connectivity index (χ4n) is 3.45. The number of benzene rings is 1. The molecule has 1 atom stereocenters. The van der Waals surface area contributed by atoms with Gasteiger partial charge in [0, 0.05) is 12.7 Å². The Morgan fingerprint density at radius 2 is 2.04 bits per heavy atom. The van der Waals surface area contributed by atoms with Crippen LogP contribution in [0.3, 0.4) is 0 Å². The topological polar surface area (TPSA) is 28.2 Å². The van der Waals surface area contributed by atoms with Gasteiger partial charge < -0.3 is 10.2 Å². The molecule has 1 N–H and O–H groups in total. The number of anilines is 1. The molecular formula is C20H27N3. The molecule has 0 radical (unpaired) electrons. The van der Waals surface area contributed by atoms with Crippen LogP contribution < -0.4 is 10.2 Å². The Labute approximate surface area is 139 Å². The number of nitrogens with one attached hydrogen (secondary N) is 1. The lowest BCUT2D eigenvalue weighted by Crippen LogP contribution is -2.26. The number of aryl methyl sites for hydroxylation is 2. The van der Waals surface area contributed by atoms with Gasteiger partial charge in [0.05, 0.1) is 17.9 Å². The van der Waals surface area contributed by atoms with E-state index in [1.165, 1.54) is 34.4 Å². The average Bonchev–Trinajstić information content (AvgIpc) is 2.91. The van der Waals surface area contributed by atoms with Gasteiger partial charge in [-0.1, -0.05) is 19.1 Å². The number of hydrogen-bond acceptors (Lipinski definition) is 3. The Bertz CT molecular complexity index is 651. The first-order chi connectivity index (χ1) is 11.2. The maximum Gasteiger partial charge on any atom is 0.0562 e. The molecule has 0 fully saturated rings. The smallest absolute Gasteiger partial charge is 0.0562 e. The summed E-state index contributed by atoms with van der Waals surface area (Å²) in [5.74, 6) is 0. The van der Waals surface area contributed by atoms with Gasteiger partial charge in [0.1, 0.15) is 0 Å². The fraction of sp³-hybridized carbons (Fsp3) is 0.450. The van der Waals surface area contributed by atoms with Crippen molar-refractivity contribution in [2.24, 2.45) is 0 Å². The van der Waals surface area contributed by atoms with Crippen LogP contribution >= 0.6 is 0 Å². The van der Waals surface area contributed by atoms with Gasteiger partial charge in [0.25, 0.3) is 0 Å². The van der Waals surface area contributed by atoms with Gasteiger partial charge in [-0.15, -0.1) is 0 Å². The van der Waals surface area contributed by atoms with Crippen LogP contribution in [0, 0.1) is 13.8 Å². The third-order valence-electron chi connectivity index (χ3n) is 4.83. The van der Waals surface area contributed by atoms with Crippen molar-refractivity contribution in [3.8, 4) is 0 Å². The summed E-state index contributed by atoms with van der Waals surface area (Å²) in [6.45, 7) is 9.78. The van der Waals surface area contributed by atoms with Crippen LogP contribution in [-0.2, 0) is 6.54 Å². The predicted molar refractivity (Wildman–Crippen MR) is 96.9 cm³/mol. The average molecular weight is 309 g/mol. The summed E-state index contributed by atoms with van der Waals surface area (Å²) >= 11 is 0. The molecule has 1 unspecified atom stereocenters. The lowest BCUT2D eigenvalue weighted by Gasteiger charge is -2.27. The molecule has 23 heavy (non-hydrogen) atoms. The molecule has 1 aromatic heterocycles. The van der Waals surface area contributed by atoms with E-state index in [1.807, 2.05) is 18.5 Å². The fourth-order valence-corrected chi connectivity index (χ4v) is 3.45. The SMILES string of the molecule is CCCNCCC1c2cc(C)c(C)cc2CN1c1cccnc1. The normalized spacial score (nSPS) is 16.7. The van der Waals surface area contributed by atoms with Crippen molar-refractivity contribution in [1.29, 1.82) is 0 Å². The molecule has 0 saturated carbocycles. The van der Waals surface area contributed by atoms with E-state index in [-0.39, 0.29) is 0 Å². The molecule has 0 bridgehead atoms. The van der Waals surface area contributed by atoms with Crippen LogP contribution in [0.2, 0.25) is 0 Å². The summed E-state index contributed by atoms with van der Waals surface area (Å²) in [6.07, 6.45) is 6.15. The highest BCUT2D eigenvalue weighted by molar-refractivity contribution is 5.55. The van der Waals surface area contributed by atoms with E-state index in [0.717, 1.165) is 26.1 Å². The van der Waals surface area contributed by atoms with Crippen molar-refractivity contribution in [2.75, 3.05) is 18.0 Å². The molecule has 3 rings (SSSR count). The molecule has 1 aliphatic rings. The predicted octanol–water partition coefficient (Wildman–Crippen LogP) is 4.15. The number of nitrogens with zero attached hydrogens (tertiary/aromatic N) is 2. The molecule has 122 valence electrons. The first-order valence-electron chi connectivity index (χ1n) is 8.68. The molecule has 0 spiro atoms. The molecule has 3 heteroatoms. The Hall–Kier alpha value is -1.87. The monoisotopic (exact) mass is 309 g/mol. The second kappa shape index (κ2) is 7.14. The second-order valence-electron chi connectivity index (χ2n) is 6.53. The van der Waals surface area contributed by atoms with E-state index >= 15 is 0 Å². The van der Waals surface area contributed by atoms with Crippen molar-refractivity contribution in [3.05, 3.63) is 58.9 Å². The molecular weight excluding hydrogens is 282 g/mol. The minimum Gasteiger partial charge on any atom is -0.359 e. The molecule has 0 aliphatic carbocycles. The quantitative estimate of drug-likeness (QED) is 0.813. The van der Waals surface area contributed by atoms with Crippen LogP contribution in [0.4, 0.5) is 5.69 Å². The van der Waals surface area contributed by atoms with E-state index in [0.29, 0.717) is 6.04 Å². The number of rotatable bonds is 6. The highest BCUT2D eigenvalue weighted by Gasteiger charge is 2.30. The standard InChI is InChI=1S/C20H27N3/c1-4-8-21-10-7-20-19-12-16(3)15(2)11-17(19)14-23(20)18-6-5-9-22-13-18/h5-6,9,11-13,20-21H,4,7-8,10,14H2,1-3H3. The third-order valence-corrected chi connectivity index (χ3v) is 4.83. The van der Waals surface area contributed by atoms with Crippen LogP contribution in [-0.4, -0.2) is 18.1 Å². The first-order valence-corrected chi connectivity index (χ1v) is 8.68. The van der Waals surface area contributed by atoms with Gasteiger partial charge in [-0.25, -0.2) is 0 Å². The molecule has 0 amide bonds. The van der Waals surface area contributed by atoms with Crippen molar-refractivity contribution in [1.82, 2.24) is 10.3 Å². The molecule has 2 aromatic rings. The van der Waals surface area contributed by atoms with Crippen molar-refractivity contribution < 1.29 is 0 Å². The maximum absolute atomic E-state index is 4.31. The maximum atomic E-state index is 4.31. The van der Waals surface area contributed by atoms with Crippen LogP contribution in [0.5, 0.6) is 0 Å². The van der Waals surface area contributed by atoms with E-state index < -0.39 is 0 Å². The molecule has 0 saturated heterocycles. The summed E-state index contributed by atoms with van der Waals surface area (Å²) in [5, 5.41) is 3.55. The van der Waals surface area contributed by atoms with E-state index in [9.17, 15) is 0 Å². The molecule has 2 heterocycles. The summed E-state index contributed by atoms with van der Waals surface area (Å²) < 4.78 is 0. The lowest BCUT2D eigenvalue weighted by molar-refractivity contribution is 0.559. The van der Waals surface area contributed by atoms with Gasteiger partial charge in [-0.2, -0.15) is 0 Å². The number of pyridine rings is 1. The zero-order chi connectivity index (χ0) is 16.2. The van der Waals surface area contributed by atoms with E-state index in [4.69, 9.17) is 0 Å². The van der Waals surface area contributed by atoms with Gasteiger partial charge in [0.15, 0.2) is 0 Å². The zero-order valence-electron chi connectivity index (χ0n) is 14.5. The minimum absolute atomic E-state index is 0.442. The molecule has 1 aromatic carbocycles. The lowest BCUT2D eigenvalue weighted by atomic mass is 9.97.